The molecule has 0 radical (unpaired) electrons. The highest BCUT2D eigenvalue weighted by Crippen LogP contribution is 2.33. The lowest BCUT2D eigenvalue weighted by Gasteiger charge is -2.38. The second-order valence-corrected chi connectivity index (χ2v) is 7.99. The minimum Gasteiger partial charge on any atom is -0.466 e. The van der Waals surface area contributed by atoms with Gasteiger partial charge in [-0.3, -0.25) is 9.78 Å². The van der Waals surface area contributed by atoms with Gasteiger partial charge in [-0.1, -0.05) is 36.4 Å². The molecule has 3 heterocycles. The average molecular weight is 445 g/mol. The molecule has 166 valence electrons. The molecule has 0 spiro atoms. The number of likely N-dealkylation sites (tertiary alicyclic amines) is 1. The first-order valence-electron chi connectivity index (χ1n) is 10.7. The van der Waals surface area contributed by atoms with Crippen LogP contribution in [-0.2, 0) is 0 Å². The highest BCUT2D eigenvalue weighted by atomic mass is 19.3. The summed E-state index contributed by atoms with van der Waals surface area (Å²) >= 11 is 0. The summed E-state index contributed by atoms with van der Waals surface area (Å²) in [5.74, 6) is -3.27. The topological polar surface area (TPSA) is 55.3 Å². The zero-order valence-electron chi connectivity index (χ0n) is 17.7. The van der Waals surface area contributed by atoms with Gasteiger partial charge >= 0.3 is 0 Å². The summed E-state index contributed by atoms with van der Waals surface area (Å²) in [6.07, 6.45) is 1.34. The normalized spacial score (nSPS) is 17.6. The zero-order chi connectivity index (χ0) is 22.8. The van der Waals surface area contributed by atoms with E-state index in [4.69, 9.17) is 4.74 Å². The number of aromatic nitrogens is 2. The van der Waals surface area contributed by atoms with Gasteiger partial charge in [0.05, 0.1) is 12.1 Å². The Morgan fingerprint density at radius 3 is 2.58 bits per heavy atom. The number of nitrogens with zero attached hydrogens (tertiary/aromatic N) is 3. The summed E-state index contributed by atoms with van der Waals surface area (Å²) in [5.41, 5.74) is 2.69. The van der Waals surface area contributed by atoms with Gasteiger partial charge in [0.2, 0.25) is 5.88 Å². The molecule has 33 heavy (non-hydrogen) atoms. The molecule has 0 saturated carbocycles. The van der Waals surface area contributed by atoms with Crippen molar-refractivity contribution in [2.45, 2.75) is 18.4 Å². The first-order valence-corrected chi connectivity index (χ1v) is 10.7. The monoisotopic (exact) mass is 445 g/mol. The fraction of sp³-hybridized carbons (Fsp3) is 0.192. The molecule has 0 unspecified atom stereocenters. The SMILES string of the molecule is O=C(c1ccccc1-c1ccncc1)N1CCC(F)(F)[C@@H](Oc2ccc3ccccc3n2)C1. The van der Waals surface area contributed by atoms with E-state index in [1.54, 1.807) is 42.7 Å². The van der Waals surface area contributed by atoms with Crippen molar-refractivity contribution in [2.75, 3.05) is 13.1 Å². The molecule has 5 nitrogen and oxygen atoms in total. The largest absolute Gasteiger partial charge is 0.466 e. The summed E-state index contributed by atoms with van der Waals surface area (Å²) in [6.45, 7) is -0.285. The van der Waals surface area contributed by atoms with Crippen LogP contribution >= 0.6 is 0 Å². The fourth-order valence-electron chi connectivity index (χ4n) is 4.06. The van der Waals surface area contributed by atoms with Crippen LogP contribution in [-0.4, -0.2) is 45.9 Å². The number of rotatable bonds is 4. The Labute approximate surface area is 189 Å². The van der Waals surface area contributed by atoms with Gasteiger partial charge in [0.15, 0.2) is 6.10 Å². The Hall–Kier alpha value is -3.87. The van der Waals surface area contributed by atoms with Crippen LogP contribution in [0.4, 0.5) is 8.78 Å². The number of fused-ring (bicyclic) bond motifs is 1. The lowest BCUT2D eigenvalue weighted by molar-refractivity contribution is -0.131. The standard InChI is InChI=1S/C26H21F2N3O2/c27-26(28)13-16-31(17-23(26)33-24-10-9-19-5-1-4-8-22(19)30-24)25(32)21-7-3-2-6-20(21)18-11-14-29-15-12-18/h1-12,14-15,23H,13,16-17H2/t23-/m0/s1. The third-order valence-corrected chi connectivity index (χ3v) is 5.84. The van der Waals surface area contributed by atoms with Crippen molar-refractivity contribution in [3.8, 4) is 17.0 Å². The first-order chi connectivity index (χ1) is 16.0. The number of alkyl halides is 2. The van der Waals surface area contributed by atoms with E-state index in [-0.39, 0.29) is 24.9 Å². The van der Waals surface area contributed by atoms with Crippen molar-refractivity contribution in [2.24, 2.45) is 0 Å². The van der Waals surface area contributed by atoms with Crippen molar-refractivity contribution in [3.05, 3.63) is 90.8 Å². The Bertz CT molecular complexity index is 1300. The predicted molar refractivity (Wildman–Crippen MR) is 121 cm³/mol. The van der Waals surface area contributed by atoms with Crippen LogP contribution in [0.5, 0.6) is 5.88 Å². The smallest absolute Gasteiger partial charge is 0.287 e. The van der Waals surface area contributed by atoms with E-state index in [0.717, 1.165) is 16.5 Å². The number of pyridine rings is 2. The van der Waals surface area contributed by atoms with Crippen molar-refractivity contribution >= 4 is 16.8 Å². The predicted octanol–water partition coefficient (Wildman–Crippen LogP) is 5.23. The average Bonchev–Trinajstić information content (AvgIpc) is 2.85. The molecule has 1 saturated heterocycles. The molecular formula is C26H21F2N3O2. The van der Waals surface area contributed by atoms with Crippen LogP contribution in [0, 0.1) is 0 Å². The second kappa shape index (κ2) is 8.58. The molecule has 1 aliphatic rings. The number of ether oxygens (including phenoxy) is 1. The van der Waals surface area contributed by atoms with E-state index in [1.807, 2.05) is 42.5 Å². The molecule has 1 fully saturated rings. The molecule has 5 rings (SSSR count). The zero-order valence-corrected chi connectivity index (χ0v) is 17.7. The number of hydrogen-bond acceptors (Lipinski definition) is 4. The molecule has 0 aliphatic carbocycles. The van der Waals surface area contributed by atoms with E-state index in [2.05, 4.69) is 9.97 Å². The number of amides is 1. The maximum Gasteiger partial charge on any atom is 0.287 e. The number of carbonyl (C=O) groups excluding carboxylic acids is 1. The van der Waals surface area contributed by atoms with E-state index >= 15 is 0 Å². The highest BCUT2D eigenvalue weighted by molar-refractivity contribution is 6.01. The van der Waals surface area contributed by atoms with Crippen LogP contribution in [0.15, 0.2) is 85.2 Å². The van der Waals surface area contributed by atoms with E-state index in [1.165, 1.54) is 4.90 Å². The Kier molecular flexibility index (Phi) is 5.46. The molecular weight excluding hydrogens is 424 g/mol. The van der Waals surface area contributed by atoms with Gasteiger partial charge in [0.25, 0.3) is 11.8 Å². The number of benzene rings is 2. The molecule has 2 aromatic carbocycles. The van der Waals surface area contributed by atoms with Gasteiger partial charge in [-0.2, -0.15) is 0 Å². The van der Waals surface area contributed by atoms with Crippen LogP contribution in [0.1, 0.15) is 16.8 Å². The van der Waals surface area contributed by atoms with Gasteiger partial charge in [-0.05, 0) is 41.5 Å². The summed E-state index contributed by atoms with van der Waals surface area (Å²) in [6, 6.07) is 21.6. The maximum atomic E-state index is 14.8. The first kappa shape index (κ1) is 21.0. The van der Waals surface area contributed by atoms with Gasteiger partial charge in [-0.25, -0.2) is 13.8 Å². The summed E-state index contributed by atoms with van der Waals surface area (Å²) in [7, 11) is 0. The third kappa shape index (κ3) is 4.26. The summed E-state index contributed by atoms with van der Waals surface area (Å²) in [5, 5.41) is 0.893. The summed E-state index contributed by atoms with van der Waals surface area (Å²) in [4.78, 5) is 23.2. The molecule has 2 aromatic heterocycles. The Morgan fingerprint density at radius 1 is 0.970 bits per heavy atom. The van der Waals surface area contributed by atoms with Gasteiger partial charge in [0, 0.05) is 42.4 Å². The van der Waals surface area contributed by atoms with Crippen molar-refractivity contribution < 1.29 is 18.3 Å². The van der Waals surface area contributed by atoms with Gasteiger partial charge in [0.1, 0.15) is 0 Å². The van der Waals surface area contributed by atoms with E-state index in [0.29, 0.717) is 11.1 Å². The minimum atomic E-state index is -3.07. The lowest BCUT2D eigenvalue weighted by Crippen LogP contribution is -2.55. The Balaban J connectivity index is 1.40. The number of carbonyl (C=O) groups is 1. The van der Waals surface area contributed by atoms with Crippen LogP contribution in [0.3, 0.4) is 0 Å². The fourth-order valence-corrected chi connectivity index (χ4v) is 4.06. The lowest BCUT2D eigenvalue weighted by atomic mass is 9.97. The number of para-hydroxylation sites is 1. The quantitative estimate of drug-likeness (QED) is 0.432. The van der Waals surface area contributed by atoms with Crippen molar-refractivity contribution in [1.29, 1.82) is 0 Å². The molecule has 1 aliphatic heterocycles. The van der Waals surface area contributed by atoms with Crippen molar-refractivity contribution in [3.63, 3.8) is 0 Å². The maximum absolute atomic E-state index is 14.8. The molecule has 1 atom stereocenters. The number of piperidine rings is 1. The minimum absolute atomic E-state index is 0.0540. The summed E-state index contributed by atoms with van der Waals surface area (Å²) < 4.78 is 35.2. The third-order valence-electron chi connectivity index (χ3n) is 5.84. The number of halogens is 2. The van der Waals surface area contributed by atoms with Crippen LogP contribution in [0.25, 0.3) is 22.0 Å². The van der Waals surface area contributed by atoms with Crippen LogP contribution in [0.2, 0.25) is 0 Å². The Morgan fingerprint density at radius 2 is 1.73 bits per heavy atom. The second-order valence-electron chi connectivity index (χ2n) is 7.99. The van der Waals surface area contributed by atoms with E-state index < -0.39 is 18.4 Å². The van der Waals surface area contributed by atoms with Crippen molar-refractivity contribution in [1.82, 2.24) is 14.9 Å². The van der Waals surface area contributed by atoms with Crippen LogP contribution < -0.4 is 4.74 Å². The highest BCUT2D eigenvalue weighted by Gasteiger charge is 2.47. The molecule has 0 N–H and O–H groups in total. The molecule has 4 aromatic rings. The molecule has 0 bridgehead atoms. The number of hydrogen-bond donors (Lipinski definition) is 0. The van der Waals surface area contributed by atoms with E-state index in [9.17, 15) is 13.6 Å². The molecule has 7 heteroatoms. The van der Waals surface area contributed by atoms with Gasteiger partial charge in [-0.15, -0.1) is 0 Å². The molecule has 1 amide bonds. The van der Waals surface area contributed by atoms with Gasteiger partial charge < -0.3 is 9.64 Å².